The number of amides is 2. The van der Waals surface area contributed by atoms with E-state index in [-0.39, 0.29) is 17.9 Å². The van der Waals surface area contributed by atoms with Gasteiger partial charge in [0.25, 0.3) is 5.91 Å². The van der Waals surface area contributed by atoms with Crippen LogP contribution in [-0.2, 0) is 11.3 Å². The summed E-state index contributed by atoms with van der Waals surface area (Å²) in [5.74, 6) is 1.58. The first kappa shape index (κ1) is 18.8. The smallest absolute Gasteiger partial charge is 0.255 e. The van der Waals surface area contributed by atoms with Crippen LogP contribution in [0.5, 0.6) is 11.5 Å². The fourth-order valence-electron chi connectivity index (χ4n) is 3.06. The monoisotopic (exact) mass is 372 g/mol. The van der Waals surface area contributed by atoms with E-state index in [4.69, 9.17) is 13.9 Å². The first-order valence-corrected chi connectivity index (χ1v) is 8.97. The van der Waals surface area contributed by atoms with E-state index < -0.39 is 0 Å². The van der Waals surface area contributed by atoms with Gasteiger partial charge in [0.2, 0.25) is 5.91 Å². The molecular formula is C20H24N2O5. The summed E-state index contributed by atoms with van der Waals surface area (Å²) in [6, 6.07) is 8.75. The van der Waals surface area contributed by atoms with Crippen molar-refractivity contribution in [1.29, 1.82) is 0 Å². The molecule has 2 amide bonds. The van der Waals surface area contributed by atoms with Gasteiger partial charge in [-0.2, -0.15) is 0 Å². The SMILES string of the molecule is COc1ccc(OC2CCN(C(C)=O)CC2)c(C(=O)NCc2ccco2)c1. The Bertz CT molecular complexity index is 780. The molecule has 2 heterocycles. The molecule has 1 aliphatic heterocycles. The fourth-order valence-corrected chi connectivity index (χ4v) is 3.06. The van der Waals surface area contributed by atoms with Crippen molar-refractivity contribution in [3.63, 3.8) is 0 Å². The van der Waals surface area contributed by atoms with Crippen LogP contribution in [0.2, 0.25) is 0 Å². The zero-order valence-corrected chi connectivity index (χ0v) is 15.6. The molecule has 0 spiro atoms. The number of nitrogens with zero attached hydrogens (tertiary/aromatic N) is 1. The molecule has 3 rings (SSSR count). The zero-order chi connectivity index (χ0) is 19.2. The largest absolute Gasteiger partial charge is 0.497 e. The first-order chi connectivity index (χ1) is 13.1. The number of methoxy groups -OCH3 is 1. The summed E-state index contributed by atoms with van der Waals surface area (Å²) in [7, 11) is 1.55. The second kappa shape index (κ2) is 8.62. The van der Waals surface area contributed by atoms with E-state index in [0.29, 0.717) is 42.5 Å². The van der Waals surface area contributed by atoms with E-state index in [0.717, 1.165) is 12.8 Å². The number of hydrogen-bond donors (Lipinski definition) is 1. The van der Waals surface area contributed by atoms with Crippen molar-refractivity contribution >= 4 is 11.8 Å². The van der Waals surface area contributed by atoms with Gasteiger partial charge >= 0.3 is 0 Å². The Morgan fingerprint density at radius 1 is 1.26 bits per heavy atom. The molecular weight excluding hydrogens is 348 g/mol. The molecule has 0 aliphatic carbocycles. The van der Waals surface area contributed by atoms with Gasteiger partial charge in [0.1, 0.15) is 23.4 Å². The molecule has 27 heavy (non-hydrogen) atoms. The van der Waals surface area contributed by atoms with Crippen LogP contribution in [0.3, 0.4) is 0 Å². The van der Waals surface area contributed by atoms with Gasteiger partial charge in [-0.25, -0.2) is 0 Å². The van der Waals surface area contributed by atoms with Crippen molar-refractivity contribution in [2.24, 2.45) is 0 Å². The molecule has 1 N–H and O–H groups in total. The molecule has 1 fully saturated rings. The van der Waals surface area contributed by atoms with Crippen LogP contribution < -0.4 is 14.8 Å². The third kappa shape index (κ3) is 4.81. The Morgan fingerprint density at radius 2 is 2.04 bits per heavy atom. The lowest BCUT2D eigenvalue weighted by Gasteiger charge is -2.31. The number of piperidine rings is 1. The van der Waals surface area contributed by atoms with Gasteiger partial charge < -0.3 is 24.1 Å². The number of nitrogens with one attached hydrogen (secondary N) is 1. The average Bonchev–Trinajstić information content (AvgIpc) is 3.20. The molecule has 0 bridgehead atoms. The molecule has 0 radical (unpaired) electrons. The van der Waals surface area contributed by atoms with E-state index in [9.17, 15) is 9.59 Å². The summed E-state index contributed by atoms with van der Waals surface area (Å²) in [5.41, 5.74) is 0.412. The number of ether oxygens (including phenoxy) is 2. The highest BCUT2D eigenvalue weighted by Crippen LogP contribution is 2.27. The van der Waals surface area contributed by atoms with Crippen molar-refractivity contribution in [1.82, 2.24) is 10.2 Å². The molecule has 0 atom stereocenters. The maximum atomic E-state index is 12.7. The summed E-state index contributed by atoms with van der Waals surface area (Å²) < 4.78 is 16.6. The second-order valence-electron chi connectivity index (χ2n) is 6.45. The lowest BCUT2D eigenvalue weighted by Crippen LogP contribution is -2.40. The Balaban J connectivity index is 1.69. The van der Waals surface area contributed by atoms with Crippen LogP contribution in [0.15, 0.2) is 41.0 Å². The van der Waals surface area contributed by atoms with Crippen molar-refractivity contribution < 1.29 is 23.5 Å². The van der Waals surface area contributed by atoms with Crippen molar-refractivity contribution in [3.05, 3.63) is 47.9 Å². The molecule has 1 aliphatic rings. The van der Waals surface area contributed by atoms with E-state index in [2.05, 4.69) is 5.32 Å². The number of rotatable bonds is 6. The van der Waals surface area contributed by atoms with Crippen molar-refractivity contribution in [2.75, 3.05) is 20.2 Å². The molecule has 7 nitrogen and oxygen atoms in total. The van der Waals surface area contributed by atoms with Gasteiger partial charge in [0.05, 0.1) is 25.5 Å². The van der Waals surface area contributed by atoms with Crippen LogP contribution in [0, 0.1) is 0 Å². The minimum atomic E-state index is -0.263. The van der Waals surface area contributed by atoms with Crippen LogP contribution in [0.25, 0.3) is 0 Å². The predicted octanol–water partition coefficient (Wildman–Crippen LogP) is 2.61. The number of carbonyl (C=O) groups is 2. The third-order valence-corrected chi connectivity index (χ3v) is 4.62. The summed E-state index contributed by atoms with van der Waals surface area (Å²) in [4.78, 5) is 25.9. The van der Waals surface area contributed by atoms with Crippen molar-refractivity contribution in [3.8, 4) is 11.5 Å². The Morgan fingerprint density at radius 3 is 2.67 bits per heavy atom. The van der Waals surface area contributed by atoms with E-state index in [1.807, 2.05) is 4.90 Å². The van der Waals surface area contributed by atoms with Gasteiger partial charge in [-0.05, 0) is 30.3 Å². The maximum absolute atomic E-state index is 12.7. The normalized spacial score (nSPS) is 14.7. The van der Waals surface area contributed by atoms with E-state index in [1.54, 1.807) is 50.6 Å². The Hall–Kier alpha value is -2.96. The first-order valence-electron chi connectivity index (χ1n) is 8.97. The molecule has 1 aromatic heterocycles. The summed E-state index contributed by atoms with van der Waals surface area (Å²) in [6.45, 7) is 3.19. The quantitative estimate of drug-likeness (QED) is 0.843. The second-order valence-corrected chi connectivity index (χ2v) is 6.45. The van der Waals surface area contributed by atoms with Crippen LogP contribution >= 0.6 is 0 Å². The topological polar surface area (TPSA) is 81.0 Å². The van der Waals surface area contributed by atoms with Gasteiger partial charge in [-0.15, -0.1) is 0 Å². The van der Waals surface area contributed by atoms with Crippen LogP contribution in [0.4, 0.5) is 0 Å². The zero-order valence-electron chi connectivity index (χ0n) is 15.6. The van der Waals surface area contributed by atoms with Gasteiger partial charge in [0, 0.05) is 32.9 Å². The molecule has 1 aromatic carbocycles. The Labute approximate surface area is 158 Å². The standard InChI is InChI=1S/C20H24N2O5/c1-14(23)22-9-7-15(8-10-22)27-19-6-5-16(25-2)12-18(19)20(24)21-13-17-4-3-11-26-17/h3-6,11-12,15H,7-10,13H2,1-2H3,(H,21,24). The fraction of sp³-hybridized carbons (Fsp3) is 0.400. The van der Waals surface area contributed by atoms with Gasteiger partial charge in [-0.3, -0.25) is 9.59 Å². The van der Waals surface area contributed by atoms with E-state index in [1.165, 1.54) is 0 Å². The highest BCUT2D eigenvalue weighted by Gasteiger charge is 2.24. The average molecular weight is 372 g/mol. The number of likely N-dealkylation sites (tertiary alicyclic amines) is 1. The lowest BCUT2D eigenvalue weighted by molar-refractivity contribution is -0.130. The molecule has 2 aromatic rings. The number of furan rings is 1. The summed E-state index contributed by atoms with van der Waals surface area (Å²) in [5, 5.41) is 2.83. The van der Waals surface area contributed by atoms with Crippen molar-refractivity contribution in [2.45, 2.75) is 32.4 Å². The molecule has 1 saturated heterocycles. The minimum absolute atomic E-state index is 0.0365. The van der Waals surface area contributed by atoms with Crippen LogP contribution in [0.1, 0.15) is 35.9 Å². The maximum Gasteiger partial charge on any atom is 0.255 e. The van der Waals surface area contributed by atoms with E-state index >= 15 is 0 Å². The summed E-state index contributed by atoms with van der Waals surface area (Å²) in [6.07, 6.45) is 3.00. The lowest BCUT2D eigenvalue weighted by atomic mass is 10.1. The number of carbonyl (C=O) groups excluding carboxylic acids is 2. The number of benzene rings is 1. The molecule has 7 heteroatoms. The highest BCUT2D eigenvalue weighted by molar-refractivity contribution is 5.97. The third-order valence-electron chi connectivity index (χ3n) is 4.62. The number of hydrogen-bond acceptors (Lipinski definition) is 5. The van der Waals surface area contributed by atoms with Crippen LogP contribution in [-0.4, -0.2) is 43.0 Å². The molecule has 144 valence electrons. The minimum Gasteiger partial charge on any atom is -0.497 e. The molecule has 0 saturated carbocycles. The van der Waals surface area contributed by atoms with Gasteiger partial charge in [-0.1, -0.05) is 0 Å². The van der Waals surface area contributed by atoms with Gasteiger partial charge in [0.15, 0.2) is 0 Å². The molecule has 0 unspecified atom stereocenters. The Kier molecular flexibility index (Phi) is 6.01. The summed E-state index contributed by atoms with van der Waals surface area (Å²) >= 11 is 0. The predicted molar refractivity (Wildman–Crippen MR) is 98.8 cm³/mol. The highest BCUT2D eigenvalue weighted by atomic mass is 16.5.